The molecule has 2 atom stereocenters. The Kier molecular flexibility index (Phi) is 4.85. The molecule has 120 valence electrons. The first-order chi connectivity index (χ1) is 10.3. The number of halogens is 3. The molecule has 1 aliphatic heterocycles. The molecule has 22 heavy (non-hydrogen) atoms. The number of aliphatic imine (C=N–C) groups is 1. The Morgan fingerprint density at radius 2 is 1.95 bits per heavy atom. The molecule has 2 rings (SSSR count). The van der Waals surface area contributed by atoms with E-state index in [9.17, 15) is 13.2 Å². The van der Waals surface area contributed by atoms with Crippen molar-refractivity contribution in [1.29, 1.82) is 0 Å². The van der Waals surface area contributed by atoms with E-state index in [4.69, 9.17) is 5.84 Å². The first-order valence-electron chi connectivity index (χ1n) is 7.06. The number of hydrazone groups is 1. The fraction of sp³-hybridized carbons (Fsp3) is 0.467. The molecule has 0 bridgehead atoms. The van der Waals surface area contributed by atoms with Gasteiger partial charge in [-0.15, -0.1) is 0 Å². The van der Waals surface area contributed by atoms with E-state index in [1.807, 2.05) is 6.92 Å². The Morgan fingerprint density at radius 1 is 1.27 bits per heavy atom. The number of nitrogens with zero attached hydrogens (tertiary/aromatic N) is 2. The van der Waals surface area contributed by atoms with Gasteiger partial charge in [0.2, 0.25) is 0 Å². The highest BCUT2D eigenvalue weighted by Gasteiger charge is 2.34. The SMILES string of the molecule is CC(N=C1C[C@@H](C)NCC1=NN)c1ccccc1C(F)(F)F. The normalized spacial score (nSPS) is 24.7. The molecule has 0 radical (unpaired) electrons. The molecule has 1 heterocycles. The number of hydrogen-bond acceptors (Lipinski definition) is 4. The highest BCUT2D eigenvalue weighted by Crippen LogP contribution is 2.35. The average molecular weight is 312 g/mol. The third kappa shape index (κ3) is 3.65. The van der Waals surface area contributed by atoms with Gasteiger partial charge in [-0.25, -0.2) is 0 Å². The molecule has 4 nitrogen and oxygen atoms in total. The van der Waals surface area contributed by atoms with Crippen LogP contribution in [0.15, 0.2) is 34.4 Å². The average Bonchev–Trinajstić information content (AvgIpc) is 2.46. The first-order valence-corrected chi connectivity index (χ1v) is 7.06. The third-order valence-corrected chi connectivity index (χ3v) is 3.67. The number of piperidine rings is 1. The van der Waals surface area contributed by atoms with Crippen molar-refractivity contribution >= 4 is 11.4 Å². The van der Waals surface area contributed by atoms with Crippen molar-refractivity contribution in [2.75, 3.05) is 6.54 Å². The topological polar surface area (TPSA) is 62.8 Å². The van der Waals surface area contributed by atoms with Crippen LogP contribution in [0, 0.1) is 0 Å². The van der Waals surface area contributed by atoms with Gasteiger partial charge >= 0.3 is 6.18 Å². The van der Waals surface area contributed by atoms with Crippen LogP contribution in [-0.2, 0) is 6.18 Å². The van der Waals surface area contributed by atoms with Gasteiger partial charge in [0.1, 0.15) is 0 Å². The second kappa shape index (κ2) is 6.48. The van der Waals surface area contributed by atoms with E-state index < -0.39 is 17.8 Å². The van der Waals surface area contributed by atoms with E-state index in [-0.39, 0.29) is 11.6 Å². The van der Waals surface area contributed by atoms with Crippen LogP contribution in [-0.4, -0.2) is 24.0 Å². The highest BCUT2D eigenvalue weighted by molar-refractivity contribution is 6.43. The molecule has 0 amide bonds. The van der Waals surface area contributed by atoms with E-state index in [0.29, 0.717) is 24.4 Å². The van der Waals surface area contributed by atoms with Crippen LogP contribution < -0.4 is 11.2 Å². The van der Waals surface area contributed by atoms with E-state index in [1.165, 1.54) is 12.1 Å². The Bertz CT molecular complexity index is 593. The molecule has 0 aliphatic carbocycles. The Hall–Kier alpha value is -1.89. The van der Waals surface area contributed by atoms with Gasteiger partial charge in [0.25, 0.3) is 0 Å². The molecule has 0 saturated carbocycles. The monoisotopic (exact) mass is 312 g/mol. The van der Waals surface area contributed by atoms with Crippen LogP contribution in [0.25, 0.3) is 0 Å². The first kappa shape index (κ1) is 16.5. The van der Waals surface area contributed by atoms with Gasteiger partial charge in [-0.05, 0) is 25.5 Å². The van der Waals surface area contributed by atoms with Gasteiger partial charge in [-0.2, -0.15) is 18.3 Å². The maximum Gasteiger partial charge on any atom is 0.416 e. The summed E-state index contributed by atoms with van der Waals surface area (Å²) in [5.74, 6) is 5.34. The Labute approximate surface area is 127 Å². The second-order valence-corrected chi connectivity index (χ2v) is 5.40. The number of nitrogens with one attached hydrogen (secondary N) is 1. The van der Waals surface area contributed by atoms with Crippen LogP contribution in [0.4, 0.5) is 13.2 Å². The fourth-order valence-corrected chi connectivity index (χ4v) is 2.52. The Balaban J connectivity index is 2.36. The lowest BCUT2D eigenvalue weighted by atomic mass is 9.99. The third-order valence-electron chi connectivity index (χ3n) is 3.67. The summed E-state index contributed by atoms with van der Waals surface area (Å²) >= 11 is 0. The largest absolute Gasteiger partial charge is 0.416 e. The zero-order valence-electron chi connectivity index (χ0n) is 12.5. The van der Waals surface area contributed by atoms with Crippen molar-refractivity contribution in [3.63, 3.8) is 0 Å². The predicted octanol–water partition coefficient (Wildman–Crippen LogP) is 2.90. The van der Waals surface area contributed by atoms with Crippen molar-refractivity contribution < 1.29 is 13.2 Å². The number of alkyl halides is 3. The van der Waals surface area contributed by atoms with Crippen LogP contribution in [0.5, 0.6) is 0 Å². The molecule has 1 unspecified atom stereocenters. The van der Waals surface area contributed by atoms with Crippen molar-refractivity contribution in [3.8, 4) is 0 Å². The van der Waals surface area contributed by atoms with Crippen molar-refractivity contribution in [1.82, 2.24) is 5.32 Å². The maximum absolute atomic E-state index is 13.1. The molecular weight excluding hydrogens is 293 g/mol. The molecule has 7 heteroatoms. The van der Waals surface area contributed by atoms with E-state index in [0.717, 1.165) is 6.07 Å². The van der Waals surface area contributed by atoms with Crippen LogP contribution in [0.3, 0.4) is 0 Å². The lowest BCUT2D eigenvalue weighted by Gasteiger charge is -2.24. The molecular formula is C15H19F3N4. The van der Waals surface area contributed by atoms with Crippen molar-refractivity contribution in [2.45, 2.75) is 38.5 Å². The zero-order valence-corrected chi connectivity index (χ0v) is 12.5. The molecule has 1 aromatic rings. The highest BCUT2D eigenvalue weighted by atomic mass is 19.4. The van der Waals surface area contributed by atoms with Crippen LogP contribution in [0.1, 0.15) is 37.4 Å². The minimum absolute atomic E-state index is 0.157. The van der Waals surface area contributed by atoms with Crippen LogP contribution in [0.2, 0.25) is 0 Å². The summed E-state index contributed by atoms with van der Waals surface area (Å²) < 4.78 is 39.3. The molecule has 1 aromatic carbocycles. The van der Waals surface area contributed by atoms with Gasteiger partial charge in [0, 0.05) is 19.0 Å². The number of benzene rings is 1. The van der Waals surface area contributed by atoms with E-state index >= 15 is 0 Å². The summed E-state index contributed by atoms with van der Waals surface area (Å²) in [6, 6.07) is 5.08. The number of hydrogen-bond donors (Lipinski definition) is 2. The van der Waals surface area contributed by atoms with Gasteiger partial charge in [0.05, 0.1) is 23.0 Å². The van der Waals surface area contributed by atoms with Crippen molar-refractivity contribution in [3.05, 3.63) is 35.4 Å². The van der Waals surface area contributed by atoms with Gasteiger partial charge in [0.15, 0.2) is 0 Å². The van der Waals surface area contributed by atoms with Crippen LogP contribution >= 0.6 is 0 Å². The summed E-state index contributed by atoms with van der Waals surface area (Å²) in [7, 11) is 0. The Morgan fingerprint density at radius 3 is 2.59 bits per heavy atom. The van der Waals surface area contributed by atoms with Gasteiger partial charge < -0.3 is 11.2 Å². The maximum atomic E-state index is 13.1. The quantitative estimate of drug-likeness (QED) is 0.651. The lowest BCUT2D eigenvalue weighted by Crippen LogP contribution is -2.44. The van der Waals surface area contributed by atoms with Gasteiger partial charge in [-0.3, -0.25) is 4.99 Å². The molecule has 1 fully saturated rings. The van der Waals surface area contributed by atoms with E-state index in [2.05, 4.69) is 15.4 Å². The second-order valence-electron chi connectivity index (χ2n) is 5.40. The minimum atomic E-state index is -4.39. The minimum Gasteiger partial charge on any atom is -0.323 e. The summed E-state index contributed by atoms with van der Waals surface area (Å²) in [6.45, 7) is 4.11. The van der Waals surface area contributed by atoms with E-state index in [1.54, 1.807) is 13.0 Å². The molecule has 3 N–H and O–H groups in total. The summed E-state index contributed by atoms with van der Waals surface area (Å²) in [5, 5.41) is 6.87. The summed E-state index contributed by atoms with van der Waals surface area (Å²) in [6.07, 6.45) is -3.80. The molecule has 0 spiro atoms. The molecule has 1 aliphatic rings. The molecule has 1 saturated heterocycles. The standard InChI is InChI=1S/C15H19F3N4/c1-9-7-13(14(22-19)8-20-9)21-10(2)11-5-3-4-6-12(11)15(16,17)18/h3-6,9-10,20H,7-8,19H2,1-2H3/t9-,10?/m1/s1. The summed E-state index contributed by atoms with van der Waals surface area (Å²) in [5.41, 5.74) is 0.762. The lowest BCUT2D eigenvalue weighted by molar-refractivity contribution is -0.138. The fourth-order valence-electron chi connectivity index (χ4n) is 2.52. The number of rotatable bonds is 2. The molecule has 0 aromatic heterocycles. The zero-order chi connectivity index (χ0) is 16.3. The van der Waals surface area contributed by atoms with Gasteiger partial charge in [-0.1, -0.05) is 18.2 Å². The number of nitrogens with two attached hydrogens (primary N) is 1. The van der Waals surface area contributed by atoms with Crippen molar-refractivity contribution in [2.24, 2.45) is 15.9 Å². The summed E-state index contributed by atoms with van der Waals surface area (Å²) in [4.78, 5) is 4.45. The predicted molar refractivity (Wildman–Crippen MR) is 81.0 cm³/mol. The smallest absolute Gasteiger partial charge is 0.323 e.